The van der Waals surface area contributed by atoms with Gasteiger partial charge in [-0.05, 0) is 12.8 Å². The van der Waals surface area contributed by atoms with Gasteiger partial charge < -0.3 is 15.0 Å². The first-order valence-corrected chi connectivity index (χ1v) is 7.08. The summed E-state index contributed by atoms with van der Waals surface area (Å²) in [4.78, 5) is 25.5. The van der Waals surface area contributed by atoms with Gasteiger partial charge in [0.1, 0.15) is 6.04 Å². The minimum Gasteiger partial charge on any atom is -0.377 e. The average Bonchev–Trinajstić information content (AvgIpc) is 3.13. The van der Waals surface area contributed by atoms with Crippen molar-refractivity contribution in [2.45, 2.75) is 31.3 Å². The molecule has 0 aromatic heterocycles. The van der Waals surface area contributed by atoms with Crippen LogP contribution < -0.4 is 5.32 Å². The average molecular weight is 305 g/mol. The zero-order valence-electron chi connectivity index (χ0n) is 9.65. The van der Waals surface area contributed by atoms with Crippen LogP contribution in [0, 0.1) is 0 Å². The summed E-state index contributed by atoms with van der Waals surface area (Å²) in [5.74, 6) is -0.0590. The van der Waals surface area contributed by atoms with Crippen LogP contribution >= 0.6 is 15.9 Å². The standard InChI is InChI=1S/C11H17BrN2O3/c12-4-3-10(15)14-5-6-17-7-9(14)11(16)13-8-1-2-8/h8-9H,1-7H2,(H,13,16). The minimum atomic E-state index is -0.448. The molecule has 2 fully saturated rings. The van der Waals surface area contributed by atoms with Crippen LogP contribution in [0.1, 0.15) is 19.3 Å². The first-order chi connectivity index (χ1) is 8.22. The van der Waals surface area contributed by atoms with Crippen LogP contribution in [0.25, 0.3) is 0 Å². The minimum absolute atomic E-state index is 0.0149. The van der Waals surface area contributed by atoms with Crippen LogP contribution in [0.3, 0.4) is 0 Å². The fourth-order valence-electron chi connectivity index (χ4n) is 1.87. The van der Waals surface area contributed by atoms with Crippen molar-refractivity contribution in [3.8, 4) is 0 Å². The number of amides is 2. The molecule has 0 radical (unpaired) electrons. The van der Waals surface area contributed by atoms with Crippen LogP contribution in [-0.4, -0.2) is 53.9 Å². The van der Waals surface area contributed by atoms with E-state index in [0.717, 1.165) is 12.8 Å². The Labute approximate surface area is 109 Å². The molecule has 1 N–H and O–H groups in total. The van der Waals surface area contributed by atoms with Crippen molar-refractivity contribution in [1.82, 2.24) is 10.2 Å². The van der Waals surface area contributed by atoms with Gasteiger partial charge in [0.05, 0.1) is 13.2 Å². The molecule has 1 unspecified atom stereocenters. The summed E-state index contributed by atoms with van der Waals surface area (Å²) < 4.78 is 5.30. The summed E-state index contributed by atoms with van der Waals surface area (Å²) in [5, 5.41) is 3.55. The van der Waals surface area contributed by atoms with Crippen molar-refractivity contribution in [1.29, 1.82) is 0 Å². The highest BCUT2D eigenvalue weighted by atomic mass is 79.9. The molecule has 1 heterocycles. The van der Waals surface area contributed by atoms with Crippen molar-refractivity contribution in [2.24, 2.45) is 0 Å². The maximum absolute atomic E-state index is 12.0. The number of nitrogens with one attached hydrogen (secondary N) is 1. The predicted molar refractivity (Wildman–Crippen MR) is 65.9 cm³/mol. The van der Waals surface area contributed by atoms with Crippen molar-refractivity contribution in [3.63, 3.8) is 0 Å². The fourth-order valence-corrected chi connectivity index (χ4v) is 2.21. The van der Waals surface area contributed by atoms with Gasteiger partial charge in [-0.2, -0.15) is 0 Å². The molecular formula is C11H17BrN2O3. The second kappa shape index (κ2) is 5.82. The number of rotatable bonds is 4. The summed E-state index contributed by atoms with van der Waals surface area (Å²) in [5.41, 5.74) is 0. The SMILES string of the molecule is O=C(NC1CC1)C1COCCN1C(=O)CCBr. The molecular weight excluding hydrogens is 288 g/mol. The molecule has 6 heteroatoms. The van der Waals surface area contributed by atoms with Crippen LogP contribution in [0.15, 0.2) is 0 Å². The lowest BCUT2D eigenvalue weighted by Crippen LogP contribution is -2.56. The van der Waals surface area contributed by atoms with E-state index in [-0.39, 0.29) is 11.8 Å². The number of alkyl halides is 1. The van der Waals surface area contributed by atoms with E-state index < -0.39 is 6.04 Å². The second-order valence-electron chi connectivity index (χ2n) is 4.40. The van der Waals surface area contributed by atoms with Gasteiger partial charge in [-0.1, -0.05) is 15.9 Å². The number of nitrogens with zero attached hydrogens (tertiary/aromatic N) is 1. The summed E-state index contributed by atoms with van der Waals surface area (Å²) in [6.45, 7) is 1.34. The topological polar surface area (TPSA) is 58.6 Å². The molecule has 0 aromatic rings. The van der Waals surface area contributed by atoms with Gasteiger partial charge in [-0.3, -0.25) is 9.59 Å². The lowest BCUT2D eigenvalue weighted by atomic mass is 10.2. The summed E-state index contributed by atoms with van der Waals surface area (Å²) >= 11 is 3.24. The van der Waals surface area contributed by atoms with E-state index >= 15 is 0 Å². The Morgan fingerprint density at radius 1 is 1.41 bits per heavy atom. The molecule has 5 nitrogen and oxygen atoms in total. The number of hydrogen-bond donors (Lipinski definition) is 1. The molecule has 1 aliphatic heterocycles. The number of carbonyl (C=O) groups is 2. The van der Waals surface area contributed by atoms with E-state index in [1.165, 1.54) is 0 Å². The normalized spacial score (nSPS) is 24.5. The highest BCUT2D eigenvalue weighted by molar-refractivity contribution is 9.09. The number of hydrogen-bond acceptors (Lipinski definition) is 3. The van der Waals surface area contributed by atoms with Crippen LogP contribution in [0.5, 0.6) is 0 Å². The third kappa shape index (κ3) is 3.42. The summed E-state index contributed by atoms with van der Waals surface area (Å²) in [7, 11) is 0. The Balaban J connectivity index is 1.94. The Hall–Kier alpha value is -0.620. The molecule has 0 spiro atoms. The van der Waals surface area contributed by atoms with Crippen LogP contribution in [-0.2, 0) is 14.3 Å². The molecule has 1 atom stereocenters. The largest absolute Gasteiger partial charge is 0.377 e. The molecule has 2 rings (SSSR count). The van der Waals surface area contributed by atoms with Gasteiger partial charge in [-0.25, -0.2) is 0 Å². The maximum Gasteiger partial charge on any atom is 0.245 e. The predicted octanol–water partition coefficient (Wildman–Crippen LogP) is 0.277. The maximum atomic E-state index is 12.0. The number of carbonyl (C=O) groups excluding carboxylic acids is 2. The first kappa shape index (κ1) is 12.8. The summed E-state index contributed by atoms with van der Waals surface area (Å²) in [6.07, 6.45) is 2.52. The molecule has 2 amide bonds. The van der Waals surface area contributed by atoms with E-state index in [2.05, 4.69) is 21.2 Å². The quantitative estimate of drug-likeness (QED) is 0.759. The Kier molecular flexibility index (Phi) is 4.39. The second-order valence-corrected chi connectivity index (χ2v) is 5.19. The highest BCUT2D eigenvalue weighted by Gasteiger charge is 2.35. The molecule has 2 aliphatic rings. The van der Waals surface area contributed by atoms with Crippen LogP contribution in [0.2, 0.25) is 0 Å². The van der Waals surface area contributed by atoms with Crippen molar-refractivity contribution in [3.05, 3.63) is 0 Å². The highest BCUT2D eigenvalue weighted by Crippen LogP contribution is 2.19. The summed E-state index contributed by atoms with van der Waals surface area (Å²) in [6, 6.07) is -0.131. The molecule has 17 heavy (non-hydrogen) atoms. The lowest BCUT2D eigenvalue weighted by Gasteiger charge is -2.34. The van der Waals surface area contributed by atoms with E-state index in [1.807, 2.05) is 0 Å². The van der Waals surface area contributed by atoms with Crippen LogP contribution in [0.4, 0.5) is 0 Å². The number of ether oxygens (including phenoxy) is 1. The molecule has 0 bridgehead atoms. The Bertz CT molecular complexity index is 307. The Morgan fingerprint density at radius 3 is 2.82 bits per heavy atom. The van der Waals surface area contributed by atoms with Crippen molar-refractivity contribution in [2.75, 3.05) is 25.1 Å². The molecule has 1 saturated heterocycles. The third-order valence-electron chi connectivity index (χ3n) is 2.98. The van der Waals surface area contributed by atoms with Gasteiger partial charge in [0.15, 0.2) is 0 Å². The fraction of sp³-hybridized carbons (Fsp3) is 0.818. The molecule has 1 aliphatic carbocycles. The molecule has 96 valence electrons. The lowest BCUT2D eigenvalue weighted by molar-refractivity contribution is -0.148. The van der Waals surface area contributed by atoms with E-state index in [9.17, 15) is 9.59 Å². The first-order valence-electron chi connectivity index (χ1n) is 5.96. The van der Waals surface area contributed by atoms with Gasteiger partial charge in [0, 0.05) is 24.3 Å². The van der Waals surface area contributed by atoms with E-state index in [4.69, 9.17) is 4.74 Å². The molecule has 1 saturated carbocycles. The smallest absolute Gasteiger partial charge is 0.245 e. The van der Waals surface area contributed by atoms with E-state index in [1.54, 1.807) is 4.90 Å². The van der Waals surface area contributed by atoms with Gasteiger partial charge in [0.25, 0.3) is 0 Å². The van der Waals surface area contributed by atoms with Gasteiger partial charge >= 0.3 is 0 Å². The van der Waals surface area contributed by atoms with Crippen molar-refractivity contribution >= 4 is 27.7 Å². The zero-order valence-corrected chi connectivity index (χ0v) is 11.2. The van der Waals surface area contributed by atoms with E-state index in [0.29, 0.717) is 37.6 Å². The van der Waals surface area contributed by atoms with Gasteiger partial charge in [-0.15, -0.1) is 0 Å². The Morgan fingerprint density at radius 2 is 2.18 bits per heavy atom. The number of halogens is 1. The number of morpholine rings is 1. The van der Waals surface area contributed by atoms with Crippen molar-refractivity contribution < 1.29 is 14.3 Å². The zero-order chi connectivity index (χ0) is 12.3. The van der Waals surface area contributed by atoms with Gasteiger partial charge in [0.2, 0.25) is 11.8 Å². The monoisotopic (exact) mass is 304 g/mol. The molecule has 0 aromatic carbocycles. The third-order valence-corrected chi connectivity index (χ3v) is 3.38.